The van der Waals surface area contributed by atoms with Crippen molar-refractivity contribution in [1.82, 2.24) is 19.1 Å². The van der Waals surface area contributed by atoms with E-state index in [1.165, 1.54) is 41.7 Å². The maximum atomic E-state index is 13.9. The zero-order valence-corrected chi connectivity index (χ0v) is 24.6. The summed E-state index contributed by atoms with van der Waals surface area (Å²) in [5, 5.41) is 8.77. The third kappa shape index (κ3) is 3.29. The molecule has 4 heterocycles. The summed E-state index contributed by atoms with van der Waals surface area (Å²) in [6.07, 6.45) is 1.82. The molecule has 0 aliphatic heterocycles. The van der Waals surface area contributed by atoms with Gasteiger partial charge in [0.25, 0.3) is 5.56 Å². The van der Waals surface area contributed by atoms with Crippen LogP contribution in [0.4, 0.5) is 0 Å². The summed E-state index contributed by atoms with van der Waals surface area (Å²) in [5.74, 6) is 0.714. The van der Waals surface area contributed by atoms with E-state index >= 15 is 0 Å². The first-order valence-electron chi connectivity index (χ1n) is 14.9. The van der Waals surface area contributed by atoms with E-state index in [1.807, 2.05) is 72.1 Å². The van der Waals surface area contributed by atoms with Crippen LogP contribution in [0.25, 0.3) is 86.2 Å². The second-order valence-corrected chi connectivity index (χ2v) is 12.4. The zero-order chi connectivity index (χ0) is 29.6. The number of nitrogens with zero attached hydrogens (tertiary/aromatic N) is 4. The Balaban J connectivity index is 1.42. The molecule has 6 aromatic carbocycles. The first-order chi connectivity index (χ1) is 22.3. The van der Waals surface area contributed by atoms with Crippen molar-refractivity contribution in [2.45, 2.75) is 0 Å². The predicted octanol–water partition coefficient (Wildman–Crippen LogP) is 9.55. The van der Waals surface area contributed by atoms with Crippen molar-refractivity contribution in [2.24, 2.45) is 0 Å². The Kier molecular flexibility index (Phi) is 4.96. The SMILES string of the molecule is O=c1c2ccccc2c2nc(-n3c4ccccc4c4c5ccccc5c5c6ccccc6sc5c43)cnc2n1-c1ccccc1. The van der Waals surface area contributed by atoms with Crippen molar-refractivity contribution >= 4 is 86.0 Å². The summed E-state index contributed by atoms with van der Waals surface area (Å²) in [5.41, 5.74) is 4.06. The molecule has 10 aromatic rings. The molecular formula is C39H22N4OS. The van der Waals surface area contributed by atoms with Crippen molar-refractivity contribution in [3.63, 3.8) is 0 Å². The molecule has 0 aliphatic rings. The molecule has 0 aliphatic carbocycles. The molecule has 4 aromatic heterocycles. The van der Waals surface area contributed by atoms with E-state index < -0.39 is 0 Å². The Hall–Kier alpha value is -5.85. The fourth-order valence-corrected chi connectivity index (χ4v) is 8.36. The average molecular weight is 595 g/mol. The molecule has 0 spiro atoms. The molecule has 10 rings (SSSR count). The van der Waals surface area contributed by atoms with Gasteiger partial charge in [0.15, 0.2) is 11.5 Å². The summed E-state index contributed by atoms with van der Waals surface area (Å²) < 4.78 is 6.43. The van der Waals surface area contributed by atoms with Gasteiger partial charge in [-0.1, -0.05) is 97.1 Å². The number of hydrogen-bond acceptors (Lipinski definition) is 4. The van der Waals surface area contributed by atoms with Crippen molar-refractivity contribution in [1.29, 1.82) is 0 Å². The Morgan fingerprint density at radius 1 is 0.556 bits per heavy atom. The molecule has 0 fully saturated rings. The van der Waals surface area contributed by atoms with Gasteiger partial charge >= 0.3 is 0 Å². The fourth-order valence-electron chi connectivity index (χ4n) is 7.10. The van der Waals surface area contributed by atoms with Gasteiger partial charge in [0.05, 0.1) is 27.6 Å². The summed E-state index contributed by atoms with van der Waals surface area (Å²) in [7, 11) is 0. The van der Waals surface area contributed by atoms with E-state index in [-0.39, 0.29) is 5.56 Å². The van der Waals surface area contributed by atoms with Crippen molar-refractivity contribution < 1.29 is 0 Å². The molecule has 0 unspecified atom stereocenters. The second-order valence-electron chi connectivity index (χ2n) is 11.3. The van der Waals surface area contributed by atoms with Gasteiger partial charge in [0.1, 0.15) is 5.52 Å². The molecule has 45 heavy (non-hydrogen) atoms. The van der Waals surface area contributed by atoms with E-state index in [9.17, 15) is 4.79 Å². The fraction of sp³-hybridized carbons (Fsp3) is 0. The minimum Gasteiger partial charge on any atom is -0.291 e. The van der Waals surface area contributed by atoms with E-state index in [2.05, 4.69) is 77.4 Å². The zero-order valence-electron chi connectivity index (χ0n) is 23.8. The Labute approximate surface area is 259 Å². The van der Waals surface area contributed by atoms with Gasteiger partial charge in [0.2, 0.25) is 0 Å². The van der Waals surface area contributed by atoms with Crippen LogP contribution in [0.2, 0.25) is 0 Å². The van der Waals surface area contributed by atoms with Crippen LogP contribution in [0.5, 0.6) is 0 Å². The number of pyridine rings is 1. The summed E-state index contributed by atoms with van der Waals surface area (Å²) in [4.78, 5) is 24.2. The van der Waals surface area contributed by atoms with Crippen LogP contribution in [0, 0.1) is 0 Å². The van der Waals surface area contributed by atoms with E-state index in [0.717, 1.165) is 22.1 Å². The van der Waals surface area contributed by atoms with Crippen LogP contribution >= 0.6 is 11.3 Å². The highest BCUT2D eigenvalue weighted by atomic mass is 32.1. The second kappa shape index (κ2) is 9.08. The minimum absolute atomic E-state index is 0.110. The lowest BCUT2D eigenvalue weighted by molar-refractivity contribution is 1.00. The third-order valence-electron chi connectivity index (χ3n) is 8.96. The maximum Gasteiger partial charge on any atom is 0.264 e. The van der Waals surface area contributed by atoms with Gasteiger partial charge in [-0.15, -0.1) is 11.3 Å². The van der Waals surface area contributed by atoms with Crippen LogP contribution in [0.1, 0.15) is 0 Å². The number of thiophene rings is 1. The van der Waals surface area contributed by atoms with Crippen LogP contribution in [0.3, 0.4) is 0 Å². The quantitative estimate of drug-likeness (QED) is 0.187. The van der Waals surface area contributed by atoms with Gasteiger partial charge in [-0.05, 0) is 41.1 Å². The highest BCUT2D eigenvalue weighted by molar-refractivity contribution is 7.27. The largest absolute Gasteiger partial charge is 0.291 e. The van der Waals surface area contributed by atoms with Crippen LogP contribution in [-0.4, -0.2) is 19.1 Å². The van der Waals surface area contributed by atoms with Gasteiger partial charge in [-0.2, -0.15) is 0 Å². The number of benzene rings is 6. The first-order valence-corrected chi connectivity index (χ1v) is 15.7. The average Bonchev–Trinajstić information content (AvgIpc) is 3.66. The molecule has 0 radical (unpaired) electrons. The van der Waals surface area contributed by atoms with Gasteiger partial charge in [-0.3, -0.25) is 13.9 Å². The molecule has 0 saturated carbocycles. The summed E-state index contributed by atoms with van der Waals surface area (Å²) in [6, 6.07) is 43.3. The first kappa shape index (κ1) is 24.6. The Bertz CT molecular complexity index is 2900. The topological polar surface area (TPSA) is 52.7 Å². The standard InChI is InChI=1S/C39H22N4OS/c44-39-27-17-7-6-16-26(27)35-38(42(39)23-12-2-1-3-13-23)40-22-32(41-35)43-30-20-10-8-18-28(30)33-24-14-4-5-15-25(24)34-29-19-9-11-21-31(29)45-37(34)36(33)43/h1-22H. The van der Waals surface area contributed by atoms with Crippen LogP contribution in [-0.2, 0) is 0 Å². The highest BCUT2D eigenvalue weighted by Crippen LogP contribution is 2.47. The van der Waals surface area contributed by atoms with Crippen LogP contribution in [0.15, 0.2) is 138 Å². The number of rotatable bonds is 2. The van der Waals surface area contributed by atoms with Crippen LogP contribution < -0.4 is 5.56 Å². The lowest BCUT2D eigenvalue weighted by atomic mass is 9.99. The molecule has 0 N–H and O–H groups in total. The monoisotopic (exact) mass is 594 g/mol. The molecule has 0 saturated heterocycles. The smallest absolute Gasteiger partial charge is 0.264 e. The number of fused-ring (bicyclic) bond motifs is 13. The Morgan fingerprint density at radius 3 is 1.98 bits per heavy atom. The molecule has 0 atom stereocenters. The lowest BCUT2D eigenvalue weighted by Crippen LogP contribution is -2.20. The molecule has 210 valence electrons. The maximum absolute atomic E-state index is 13.9. The normalized spacial score (nSPS) is 12.1. The van der Waals surface area contributed by atoms with Crippen molar-refractivity contribution in [3.05, 3.63) is 144 Å². The van der Waals surface area contributed by atoms with E-state index in [1.54, 1.807) is 4.57 Å². The minimum atomic E-state index is -0.110. The van der Waals surface area contributed by atoms with Crippen molar-refractivity contribution in [3.8, 4) is 11.5 Å². The number of para-hydroxylation sites is 2. The third-order valence-corrected chi connectivity index (χ3v) is 10.1. The number of hydrogen-bond donors (Lipinski definition) is 0. The molecular weight excluding hydrogens is 573 g/mol. The number of aromatic nitrogens is 4. The molecule has 6 heteroatoms. The highest BCUT2D eigenvalue weighted by Gasteiger charge is 2.23. The lowest BCUT2D eigenvalue weighted by Gasteiger charge is -2.14. The van der Waals surface area contributed by atoms with Gasteiger partial charge < -0.3 is 0 Å². The van der Waals surface area contributed by atoms with Gasteiger partial charge in [-0.25, -0.2) is 9.97 Å². The molecule has 0 bridgehead atoms. The van der Waals surface area contributed by atoms with Crippen molar-refractivity contribution in [2.75, 3.05) is 0 Å². The Morgan fingerprint density at radius 2 is 1.18 bits per heavy atom. The van der Waals surface area contributed by atoms with E-state index in [0.29, 0.717) is 22.4 Å². The molecule has 0 amide bonds. The molecule has 5 nitrogen and oxygen atoms in total. The summed E-state index contributed by atoms with van der Waals surface area (Å²) >= 11 is 1.82. The van der Waals surface area contributed by atoms with Gasteiger partial charge in [0, 0.05) is 37.0 Å². The predicted molar refractivity (Wildman–Crippen MR) is 187 cm³/mol. The van der Waals surface area contributed by atoms with E-state index in [4.69, 9.17) is 9.97 Å². The summed E-state index contributed by atoms with van der Waals surface area (Å²) in [6.45, 7) is 0.